The first kappa shape index (κ1) is 13.8. The van der Waals surface area contributed by atoms with Crippen molar-refractivity contribution in [3.05, 3.63) is 59.2 Å². The highest BCUT2D eigenvalue weighted by atomic mass is 16.3. The third kappa shape index (κ3) is 3.03. The monoisotopic (exact) mass is 269 g/mol. The Bertz CT molecular complexity index is 660. The molecule has 0 aromatic heterocycles. The number of nitrogens with one attached hydrogen (secondary N) is 1. The second kappa shape index (κ2) is 5.57. The van der Waals surface area contributed by atoms with Crippen LogP contribution in [0, 0.1) is 6.92 Å². The Labute approximate surface area is 117 Å². The van der Waals surface area contributed by atoms with Gasteiger partial charge in [-0.25, -0.2) is 0 Å². The highest BCUT2D eigenvalue weighted by Crippen LogP contribution is 2.17. The van der Waals surface area contributed by atoms with E-state index in [2.05, 4.69) is 5.32 Å². The van der Waals surface area contributed by atoms with Crippen LogP contribution in [0.1, 0.15) is 33.2 Å². The molecule has 20 heavy (non-hydrogen) atoms. The van der Waals surface area contributed by atoms with Gasteiger partial charge >= 0.3 is 0 Å². The number of hydrogen-bond donors (Lipinski definition) is 2. The number of carbonyl (C=O) groups is 2. The quantitative estimate of drug-likeness (QED) is 0.841. The van der Waals surface area contributed by atoms with E-state index in [-0.39, 0.29) is 17.4 Å². The molecule has 4 heteroatoms. The van der Waals surface area contributed by atoms with Gasteiger partial charge in [0.25, 0.3) is 5.91 Å². The maximum absolute atomic E-state index is 12.1. The lowest BCUT2D eigenvalue weighted by Crippen LogP contribution is -2.13. The molecule has 1 amide bonds. The van der Waals surface area contributed by atoms with Crippen molar-refractivity contribution in [2.24, 2.45) is 0 Å². The van der Waals surface area contributed by atoms with Gasteiger partial charge in [0, 0.05) is 16.8 Å². The van der Waals surface area contributed by atoms with E-state index < -0.39 is 0 Å². The minimum Gasteiger partial charge on any atom is -0.508 e. The van der Waals surface area contributed by atoms with Gasteiger partial charge in [-0.2, -0.15) is 0 Å². The number of Topliss-reactive ketones (excluding diaryl/α,β-unsaturated/α-hetero) is 1. The molecule has 0 aliphatic carbocycles. The number of rotatable bonds is 3. The molecule has 0 saturated carbocycles. The Morgan fingerprint density at radius 3 is 2.25 bits per heavy atom. The van der Waals surface area contributed by atoms with Crippen LogP contribution in [0.3, 0.4) is 0 Å². The number of aryl methyl sites for hydroxylation is 1. The van der Waals surface area contributed by atoms with Crippen LogP contribution in [-0.2, 0) is 0 Å². The molecule has 0 heterocycles. The standard InChI is InChI=1S/C16H15NO3/c1-10-9-14(19)7-8-15(10)16(20)17-13-5-3-12(4-6-13)11(2)18/h3-9,19H,1-2H3,(H,17,20). The van der Waals surface area contributed by atoms with Crippen LogP contribution in [-0.4, -0.2) is 16.8 Å². The minimum absolute atomic E-state index is 0.0164. The molecule has 2 aromatic rings. The largest absolute Gasteiger partial charge is 0.508 e. The number of anilines is 1. The zero-order valence-electron chi connectivity index (χ0n) is 11.3. The van der Waals surface area contributed by atoms with E-state index in [4.69, 9.17) is 0 Å². The van der Waals surface area contributed by atoms with Crippen molar-refractivity contribution in [1.29, 1.82) is 0 Å². The maximum Gasteiger partial charge on any atom is 0.255 e. The highest BCUT2D eigenvalue weighted by molar-refractivity contribution is 6.05. The summed E-state index contributed by atoms with van der Waals surface area (Å²) in [4.78, 5) is 23.3. The molecule has 0 saturated heterocycles. The summed E-state index contributed by atoms with van der Waals surface area (Å²) in [7, 11) is 0. The Kier molecular flexibility index (Phi) is 3.84. The molecular formula is C16H15NO3. The molecule has 0 spiro atoms. The number of amides is 1. The highest BCUT2D eigenvalue weighted by Gasteiger charge is 2.10. The van der Waals surface area contributed by atoms with Crippen LogP contribution < -0.4 is 5.32 Å². The smallest absolute Gasteiger partial charge is 0.255 e. The van der Waals surface area contributed by atoms with Crippen LogP contribution in [0.5, 0.6) is 5.75 Å². The van der Waals surface area contributed by atoms with E-state index in [9.17, 15) is 14.7 Å². The zero-order chi connectivity index (χ0) is 14.7. The fourth-order valence-corrected chi connectivity index (χ4v) is 1.89. The number of aromatic hydroxyl groups is 1. The van der Waals surface area contributed by atoms with Crippen LogP contribution in [0.15, 0.2) is 42.5 Å². The van der Waals surface area contributed by atoms with E-state index in [0.717, 1.165) is 0 Å². The van der Waals surface area contributed by atoms with Crippen LogP contribution >= 0.6 is 0 Å². The van der Waals surface area contributed by atoms with Gasteiger partial charge in [-0.05, 0) is 61.9 Å². The van der Waals surface area contributed by atoms with Crippen molar-refractivity contribution in [3.8, 4) is 5.75 Å². The van der Waals surface area contributed by atoms with E-state index in [1.54, 1.807) is 37.3 Å². The molecule has 0 bridgehead atoms. The summed E-state index contributed by atoms with van der Waals surface area (Å²) in [6, 6.07) is 11.3. The van der Waals surface area contributed by atoms with Gasteiger partial charge in [-0.15, -0.1) is 0 Å². The number of phenolic OH excluding ortho intramolecular Hbond substituents is 1. The summed E-state index contributed by atoms with van der Waals surface area (Å²) in [5, 5.41) is 12.1. The number of hydrogen-bond acceptors (Lipinski definition) is 3. The lowest BCUT2D eigenvalue weighted by Gasteiger charge is -2.08. The van der Waals surface area contributed by atoms with Gasteiger partial charge in [0.05, 0.1) is 0 Å². The van der Waals surface area contributed by atoms with Gasteiger partial charge in [0.1, 0.15) is 5.75 Å². The molecule has 2 N–H and O–H groups in total. The predicted molar refractivity (Wildman–Crippen MR) is 77.2 cm³/mol. The van der Waals surface area contributed by atoms with E-state index in [1.165, 1.54) is 19.1 Å². The van der Waals surface area contributed by atoms with Gasteiger partial charge < -0.3 is 10.4 Å². The second-order valence-electron chi connectivity index (χ2n) is 4.59. The van der Waals surface area contributed by atoms with Gasteiger partial charge in [0.2, 0.25) is 0 Å². The SMILES string of the molecule is CC(=O)c1ccc(NC(=O)c2ccc(O)cc2C)cc1. The van der Waals surface area contributed by atoms with E-state index in [0.29, 0.717) is 22.4 Å². The fraction of sp³-hybridized carbons (Fsp3) is 0.125. The van der Waals surface area contributed by atoms with Crippen LogP contribution in [0.4, 0.5) is 5.69 Å². The summed E-state index contributed by atoms with van der Waals surface area (Å²) < 4.78 is 0. The van der Waals surface area contributed by atoms with Crippen LogP contribution in [0.25, 0.3) is 0 Å². The van der Waals surface area contributed by atoms with Crippen molar-refractivity contribution in [2.75, 3.05) is 5.32 Å². The first-order chi connectivity index (χ1) is 9.47. The third-order valence-electron chi connectivity index (χ3n) is 3.00. The molecule has 0 fully saturated rings. The normalized spacial score (nSPS) is 10.1. The van der Waals surface area contributed by atoms with Crippen molar-refractivity contribution in [3.63, 3.8) is 0 Å². The van der Waals surface area contributed by atoms with Crippen molar-refractivity contribution in [2.45, 2.75) is 13.8 Å². The Morgan fingerprint density at radius 2 is 1.70 bits per heavy atom. The number of carbonyl (C=O) groups excluding carboxylic acids is 2. The van der Waals surface area contributed by atoms with Crippen molar-refractivity contribution >= 4 is 17.4 Å². The predicted octanol–water partition coefficient (Wildman–Crippen LogP) is 3.16. The van der Waals surface area contributed by atoms with Crippen molar-refractivity contribution < 1.29 is 14.7 Å². The average Bonchev–Trinajstić information content (AvgIpc) is 2.39. The summed E-state index contributed by atoms with van der Waals surface area (Å²) in [6.07, 6.45) is 0. The topological polar surface area (TPSA) is 66.4 Å². The lowest BCUT2D eigenvalue weighted by molar-refractivity contribution is 0.101. The van der Waals surface area contributed by atoms with Gasteiger partial charge in [-0.3, -0.25) is 9.59 Å². The molecule has 0 aliphatic heterocycles. The number of benzene rings is 2. The molecule has 0 radical (unpaired) electrons. The average molecular weight is 269 g/mol. The van der Waals surface area contributed by atoms with E-state index >= 15 is 0 Å². The molecule has 2 rings (SSSR count). The van der Waals surface area contributed by atoms with Gasteiger partial charge in [0.15, 0.2) is 5.78 Å². The molecule has 102 valence electrons. The summed E-state index contributed by atoms with van der Waals surface area (Å²) in [6.45, 7) is 3.25. The lowest BCUT2D eigenvalue weighted by atomic mass is 10.1. The number of ketones is 1. The second-order valence-corrected chi connectivity index (χ2v) is 4.59. The molecule has 0 atom stereocenters. The number of phenols is 1. The van der Waals surface area contributed by atoms with Crippen LogP contribution in [0.2, 0.25) is 0 Å². The van der Waals surface area contributed by atoms with E-state index in [1.807, 2.05) is 0 Å². The molecule has 0 unspecified atom stereocenters. The maximum atomic E-state index is 12.1. The Hall–Kier alpha value is -2.62. The summed E-state index contributed by atoms with van der Waals surface area (Å²) in [5.74, 6) is -0.139. The zero-order valence-corrected chi connectivity index (χ0v) is 11.3. The first-order valence-corrected chi connectivity index (χ1v) is 6.19. The molecule has 0 aliphatic rings. The summed E-state index contributed by atoms with van der Waals surface area (Å²) in [5.41, 5.74) is 2.41. The van der Waals surface area contributed by atoms with Crippen molar-refractivity contribution in [1.82, 2.24) is 0 Å². The molecular weight excluding hydrogens is 254 g/mol. The molecule has 2 aromatic carbocycles. The molecule has 4 nitrogen and oxygen atoms in total. The van der Waals surface area contributed by atoms with Gasteiger partial charge in [-0.1, -0.05) is 0 Å². The first-order valence-electron chi connectivity index (χ1n) is 6.19. The summed E-state index contributed by atoms with van der Waals surface area (Å²) >= 11 is 0. The Morgan fingerprint density at radius 1 is 1.05 bits per heavy atom. The minimum atomic E-state index is -0.252. The Balaban J connectivity index is 2.17. The fourth-order valence-electron chi connectivity index (χ4n) is 1.89. The third-order valence-corrected chi connectivity index (χ3v) is 3.00.